The lowest BCUT2D eigenvalue weighted by atomic mass is 10.1. The molecular weight excluding hydrogens is 336 g/mol. The Morgan fingerprint density at radius 3 is 2.22 bits per heavy atom. The van der Waals surface area contributed by atoms with Crippen LogP contribution in [-0.2, 0) is 0 Å². The van der Waals surface area contributed by atoms with Crippen molar-refractivity contribution in [2.45, 2.75) is 20.0 Å². The van der Waals surface area contributed by atoms with Crippen molar-refractivity contribution in [3.8, 4) is 0 Å². The van der Waals surface area contributed by atoms with Gasteiger partial charge in [0.15, 0.2) is 6.17 Å². The van der Waals surface area contributed by atoms with Crippen LogP contribution in [0.2, 0.25) is 0 Å². The lowest BCUT2D eigenvalue weighted by Crippen LogP contribution is -2.34. The summed E-state index contributed by atoms with van der Waals surface area (Å²) < 4.78 is 1.76. The molecule has 0 aliphatic carbocycles. The molecular formula is C22H20N4O. The Balaban J connectivity index is 1.75. The normalized spacial score (nSPS) is 12.1. The number of para-hydroxylation sites is 1. The van der Waals surface area contributed by atoms with E-state index >= 15 is 0 Å². The zero-order chi connectivity index (χ0) is 18.8. The van der Waals surface area contributed by atoms with Gasteiger partial charge in [0.1, 0.15) is 5.52 Å². The number of aryl methyl sites for hydroxylation is 2. The first-order valence-electron chi connectivity index (χ1n) is 8.86. The number of amides is 1. The van der Waals surface area contributed by atoms with Crippen molar-refractivity contribution < 1.29 is 4.79 Å². The maximum atomic E-state index is 12.9. The van der Waals surface area contributed by atoms with Gasteiger partial charge in [-0.15, -0.1) is 5.10 Å². The molecule has 0 radical (unpaired) electrons. The number of rotatable bonds is 4. The highest BCUT2D eigenvalue weighted by atomic mass is 16.1. The summed E-state index contributed by atoms with van der Waals surface area (Å²) in [5, 5.41) is 11.6. The van der Waals surface area contributed by atoms with Crippen LogP contribution in [0.15, 0.2) is 72.8 Å². The molecule has 1 amide bonds. The predicted octanol–water partition coefficient (Wildman–Crippen LogP) is 4.03. The number of nitrogens with one attached hydrogen (secondary N) is 1. The third-order valence-corrected chi connectivity index (χ3v) is 4.60. The molecule has 134 valence electrons. The van der Waals surface area contributed by atoms with Gasteiger partial charge >= 0.3 is 0 Å². The molecule has 0 saturated heterocycles. The Morgan fingerprint density at radius 1 is 0.889 bits per heavy atom. The second kappa shape index (κ2) is 7.03. The van der Waals surface area contributed by atoms with Gasteiger partial charge in [-0.3, -0.25) is 4.79 Å². The minimum absolute atomic E-state index is 0.153. The molecule has 4 aromatic rings. The number of carbonyl (C=O) groups is 1. The van der Waals surface area contributed by atoms with Gasteiger partial charge in [-0.2, -0.15) is 0 Å². The Labute approximate surface area is 157 Å². The zero-order valence-corrected chi connectivity index (χ0v) is 15.3. The van der Waals surface area contributed by atoms with Gasteiger partial charge in [0.05, 0.1) is 5.52 Å². The number of carbonyl (C=O) groups excluding carboxylic acids is 1. The second-order valence-electron chi connectivity index (χ2n) is 6.68. The first-order valence-corrected chi connectivity index (χ1v) is 8.86. The molecule has 1 aromatic heterocycles. The van der Waals surface area contributed by atoms with Crippen molar-refractivity contribution in [2.24, 2.45) is 0 Å². The summed E-state index contributed by atoms with van der Waals surface area (Å²) >= 11 is 0. The molecule has 5 heteroatoms. The van der Waals surface area contributed by atoms with Crippen LogP contribution in [0, 0.1) is 13.8 Å². The van der Waals surface area contributed by atoms with Gasteiger partial charge < -0.3 is 5.32 Å². The second-order valence-corrected chi connectivity index (χ2v) is 6.68. The van der Waals surface area contributed by atoms with Gasteiger partial charge in [0.25, 0.3) is 5.91 Å². The maximum Gasteiger partial charge on any atom is 0.253 e. The predicted molar refractivity (Wildman–Crippen MR) is 105 cm³/mol. The lowest BCUT2D eigenvalue weighted by molar-refractivity contribution is 0.0927. The van der Waals surface area contributed by atoms with Crippen LogP contribution in [0.25, 0.3) is 11.0 Å². The number of hydrogen-bond acceptors (Lipinski definition) is 3. The first-order chi connectivity index (χ1) is 13.1. The van der Waals surface area contributed by atoms with E-state index in [-0.39, 0.29) is 5.91 Å². The summed E-state index contributed by atoms with van der Waals surface area (Å²) in [5.41, 5.74) is 5.49. The van der Waals surface area contributed by atoms with Gasteiger partial charge in [-0.05, 0) is 43.7 Å². The molecule has 0 saturated carbocycles. The van der Waals surface area contributed by atoms with Crippen molar-refractivity contribution in [3.63, 3.8) is 0 Å². The number of benzene rings is 3. The molecule has 0 bridgehead atoms. The van der Waals surface area contributed by atoms with E-state index < -0.39 is 6.17 Å². The molecule has 0 spiro atoms. The average Bonchev–Trinajstić information content (AvgIpc) is 3.11. The van der Waals surface area contributed by atoms with E-state index in [2.05, 4.69) is 15.6 Å². The topological polar surface area (TPSA) is 59.8 Å². The number of hydrogen-bond donors (Lipinski definition) is 1. The monoisotopic (exact) mass is 356 g/mol. The van der Waals surface area contributed by atoms with Crippen molar-refractivity contribution in [1.82, 2.24) is 20.3 Å². The van der Waals surface area contributed by atoms with E-state index in [0.717, 1.165) is 27.7 Å². The highest BCUT2D eigenvalue weighted by molar-refractivity contribution is 5.94. The van der Waals surface area contributed by atoms with E-state index in [0.29, 0.717) is 5.56 Å². The van der Waals surface area contributed by atoms with E-state index in [9.17, 15) is 4.79 Å². The minimum Gasteiger partial charge on any atom is -0.326 e. The Morgan fingerprint density at radius 2 is 1.52 bits per heavy atom. The van der Waals surface area contributed by atoms with Crippen LogP contribution < -0.4 is 5.32 Å². The molecule has 5 nitrogen and oxygen atoms in total. The quantitative estimate of drug-likeness (QED) is 0.601. The van der Waals surface area contributed by atoms with E-state index in [1.54, 1.807) is 4.68 Å². The standard InChI is InChI=1S/C22H20N4O/c1-15-7-11-17(12-8-15)21(23-22(27)18-13-9-16(2)10-14-18)26-20-6-4-3-5-19(20)24-25-26/h3-14,21H,1-2H3,(H,23,27). The third kappa shape index (κ3) is 3.44. The van der Waals surface area contributed by atoms with Crippen molar-refractivity contribution >= 4 is 16.9 Å². The lowest BCUT2D eigenvalue weighted by Gasteiger charge is -2.20. The van der Waals surface area contributed by atoms with E-state index in [1.807, 2.05) is 86.6 Å². The summed E-state index contributed by atoms with van der Waals surface area (Å²) in [4.78, 5) is 12.9. The van der Waals surface area contributed by atoms with Crippen molar-refractivity contribution in [2.75, 3.05) is 0 Å². The third-order valence-electron chi connectivity index (χ3n) is 4.60. The fraction of sp³-hybridized carbons (Fsp3) is 0.136. The summed E-state index contributed by atoms with van der Waals surface area (Å²) in [6.45, 7) is 4.03. The van der Waals surface area contributed by atoms with Crippen LogP contribution >= 0.6 is 0 Å². The molecule has 27 heavy (non-hydrogen) atoms. The SMILES string of the molecule is Cc1ccc(C(=O)NC(c2ccc(C)cc2)n2nnc3ccccc32)cc1. The fourth-order valence-electron chi connectivity index (χ4n) is 3.02. The molecule has 0 aliphatic heterocycles. The molecule has 3 aromatic carbocycles. The largest absolute Gasteiger partial charge is 0.326 e. The first kappa shape index (κ1) is 17.0. The number of aromatic nitrogens is 3. The summed E-state index contributed by atoms with van der Waals surface area (Å²) in [6.07, 6.45) is -0.452. The number of fused-ring (bicyclic) bond motifs is 1. The molecule has 4 rings (SSSR count). The van der Waals surface area contributed by atoms with Crippen LogP contribution in [0.1, 0.15) is 33.2 Å². The Kier molecular flexibility index (Phi) is 4.42. The number of nitrogens with zero attached hydrogens (tertiary/aromatic N) is 3. The van der Waals surface area contributed by atoms with Crippen LogP contribution in [-0.4, -0.2) is 20.9 Å². The van der Waals surface area contributed by atoms with Crippen LogP contribution in [0.5, 0.6) is 0 Å². The molecule has 0 aliphatic rings. The smallest absolute Gasteiger partial charge is 0.253 e. The highest BCUT2D eigenvalue weighted by Gasteiger charge is 2.20. The summed E-state index contributed by atoms with van der Waals surface area (Å²) in [6, 6.07) is 23.3. The van der Waals surface area contributed by atoms with Crippen molar-refractivity contribution in [1.29, 1.82) is 0 Å². The Bertz CT molecular complexity index is 1080. The van der Waals surface area contributed by atoms with Crippen LogP contribution in [0.4, 0.5) is 0 Å². The van der Waals surface area contributed by atoms with E-state index in [4.69, 9.17) is 0 Å². The van der Waals surface area contributed by atoms with Crippen LogP contribution in [0.3, 0.4) is 0 Å². The summed E-state index contributed by atoms with van der Waals surface area (Å²) in [7, 11) is 0. The van der Waals surface area contributed by atoms with Crippen molar-refractivity contribution in [3.05, 3.63) is 95.1 Å². The van der Waals surface area contributed by atoms with Gasteiger partial charge in [-0.25, -0.2) is 4.68 Å². The summed E-state index contributed by atoms with van der Waals surface area (Å²) in [5.74, 6) is -0.153. The van der Waals surface area contributed by atoms with Gasteiger partial charge in [0, 0.05) is 5.56 Å². The molecule has 1 unspecified atom stereocenters. The molecule has 1 heterocycles. The highest BCUT2D eigenvalue weighted by Crippen LogP contribution is 2.21. The minimum atomic E-state index is -0.452. The van der Waals surface area contributed by atoms with Gasteiger partial charge in [-0.1, -0.05) is 64.9 Å². The maximum absolute atomic E-state index is 12.9. The van der Waals surface area contributed by atoms with Gasteiger partial charge in [0.2, 0.25) is 0 Å². The molecule has 1 atom stereocenters. The van der Waals surface area contributed by atoms with E-state index in [1.165, 1.54) is 0 Å². The molecule has 1 N–H and O–H groups in total. The average molecular weight is 356 g/mol. The molecule has 0 fully saturated rings. The zero-order valence-electron chi connectivity index (χ0n) is 15.3. The fourth-order valence-corrected chi connectivity index (χ4v) is 3.02. The Hall–Kier alpha value is -3.47.